The average Bonchev–Trinajstić information content (AvgIpc) is 2.70. The summed E-state index contributed by atoms with van der Waals surface area (Å²) in [5.41, 5.74) is 3.68. The van der Waals surface area contributed by atoms with E-state index in [4.69, 9.17) is 4.74 Å². The Morgan fingerprint density at radius 1 is 0.963 bits per heavy atom. The fourth-order valence-corrected chi connectivity index (χ4v) is 3.33. The molecule has 1 N–H and O–H groups in total. The van der Waals surface area contributed by atoms with E-state index in [-0.39, 0.29) is 5.91 Å². The molecule has 0 aliphatic carbocycles. The molecule has 1 aliphatic rings. The molecule has 1 heterocycles. The number of benzene rings is 2. The summed E-state index contributed by atoms with van der Waals surface area (Å²) < 4.78 is 6.14. The normalized spacial score (nSPS) is 15.5. The maximum atomic E-state index is 11.5. The lowest BCUT2D eigenvalue weighted by Gasteiger charge is -2.34. The Labute approximate surface area is 161 Å². The van der Waals surface area contributed by atoms with Crippen molar-refractivity contribution >= 4 is 5.91 Å². The number of nitrogens with zero attached hydrogens (tertiary/aromatic N) is 2. The number of likely N-dealkylation sites (N-methyl/N-ethyl adjacent to an activating group) is 1. The molecule has 0 atom stereocenters. The van der Waals surface area contributed by atoms with Crippen molar-refractivity contribution in [2.45, 2.75) is 20.1 Å². The van der Waals surface area contributed by atoms with Crippen molar-refractivity contribution in [3.8, 4) is 5.75 Å². The molecule has 1 aliphatic heterocycles. The smallest absolute Gasteiger partial charge is 0.233 e. The van der Waals surface area contributed by atoms with Crippen molar-refractivity contribution in [1.29, 1.82) is 0 Å². The van der Waals surface area contributed by atoms with Gasteiger partial charge in [0.2, 0.25) is 5.91 Å². The second-order valence-electron chi connectivity index (χ2n) is 7.05. The van der Waals surface area contributed by atoms with Crippen molar-refractivity contribution in [2.75, 3.05) is 39.8 Å². The molecule has 0 aromatic heterocycles. The molecule has 5 heteroatoms. The summed E-state index contributed by atoms with van der Waals surface area (Å²) in [4.78, 5) is 16.2. The number of carbonyl (C=O) groups excluding carboxylic acids is 1. The van der Waals surface area contributed by atoms with Crippen LogP contribution in [0.2, 0.25) is 0 Å². The number of para-hydroxylation sites is 1. The maximum absolute atomic E-state index is 11.5. The molecule has 27 heavy (non-hydrogen) atoms. The Hall–Kier alpha value is -2.37. The first-order valence-corrected chi connectivity index (χ1v) is 9.56. The van der Waals surface area contributed by atoms with E-state index in [9.17, 15) is 4.79 Å². The van der Waals surface area contributed by atoms with Crippen LogP contribution in [0.1, 0.15) is 16.7 Å². The van der Waals surface area contributed by atoms with Crippen LogP contribution in [0.25, 0.3) is 0 Å². The second kappa shape index (κ2) is 9.53. The number of rotatable bonds is 7. The van der Waals surface area contributed by atoms with Crippen molar-refractivity contribution in [3.05, 3.63) is 65.2 Å². The summed E-state index contributed by atoms with van der Waals surface area (Å²) in [6.07, 6.45) is 0. The van der Waals surface area contributed by atoms with Crippen molar-refractivity contribution in [3.63, 3.8) is 0 Å². The molecule has 1 amide bonds. The molecule has 144 valence electrons. The van der Waals surface area contributed by atoms with Gasteiger partial charge < -0.3 is 10.1 Å². The van der Waals surface area contributed by atoms with Crippen LogP contribution in [-0.4, -0.2) is 55.5 Å². The molecular formula is C22H29N3O2. The topological polar surface area (TPSA) is 44.8 Å². The highest BCUT2D eigenvalue weighted by Crippen LogP contribution is 2.22. The molecule has 3 rings (SSSR count). The van der Waals surface area contributed by atoms with E-state index < -0.39 is 0 Å². The molecule has 1 saturated heterocycles. The number of piperazine rings is 1. The highest BCUT2D eigenvalue weighted by Gasteiger charge is 2.19. The minimum atomic E-state index is 0.0819. The predicted molar refractivity (Wildman–Crippen MR) is 108 cm³/mol. The van der Waals surface area contributed by atoms with Crippen molar-refractivity contribution < 1.29 is 9.53 Å². The monoisotopic (exact) mass is 367 g/mol. The molecule has 0 spiro atoms. The number of ether oxygens (including phenoxy) is 1. The van der Waals surface area contributed by atoms with E-state index in [0.29, 0.717) is 13.2 Å². The fraction of sp³-hybridized carbons (Fsp3) is 0.409. The first-order valence-electron chi connectivity index (χ1n) is 9.56. The van der Waals surface area contributed by atoms with Gasteiger partial charge in [-0.15, -0.1) is 0 Å². The predicted octanol–water partition coefficient (Wildman–Crippen LogP) is 2.44. The number of carbonyl (C=O) groups is 1. The summed E-state index contributed by atoms with van der Waals surface area (Å²) in [5, 5.41) is 2.69. The largest absolute Gasteiger partial charge is 0.489 e. The first-order chi connectivity index (χ1) is 13.2. The fourth-order valence-electron chi connectivity index (χ4n) is 3.33. The molecule has 2 aromatic rings. The Balaban J connectivity index is 1.55. The van der Waals surface area contributed by atoms with Gasteiger partial charge in [-0.1, -0.05) is 42.5 Å². The van der Waals surface area contributed by atoms with Crippen LogP contribution in [0.3, 0.4) is 0 Å². The third-order valence-corrected chi connectivity index (χ3v) is 5.12. The summed E-state index contributed by atoms with van der Waals surface area (Å²) in [7, 11) is 1.69. The second-order valence-corrected chi connectivity index (χ2v) is 7.05. The molecule has 1 fully saturated rings. The van der Waals surface area contributed by atoms with Gasteiger partial charge in [0.15, 0.2) is 0 Å². The van der Waals surface area contributed by atoms with E-state index in [1.54, 1.807) is 7.05 Å². The van der Waals surface area contributed by atoms with Gasteiger partial charge >= 0.3 is 0 Å². The first kappa shape index (κ1) is 19.4. The van der Waals surface area contributed by atoms with Crippen LogP contribution in [0.4, 0.5) is 0 Å². The van der Waals surface area contributed by atoms with Crippen LogP contribution < -0.4 is 10.1 Å². The van der Waals surface area contributed by atoms with Crippen LogP contribution in [0, 0.1) is 6.92 Å². The molecular weight excluding hydrogens is 338 g/mol. The van der Waals surface area contributed by atoms with E-state index in [1.165, 1.54) is 16.7 Å². The Bertz CT molecular complexity index is 755. The minimum absolute atomic E-state index is 0.0819. The molecule has 0 unspecified atom stereocenters. The maximum Gasteiger partial charge on any atom is 0.233 e. The lowest BCUT2D eigenvalue weighted by molar-refractivity contribution is -0.122. The molecule has 5 nitrogen and oxygen atoms in total. The van der Waals surface area contributed by atoms with E-state index in [2.05, 4.69) is 64.5 Å². The SMILES string of the molecule is CNC(=O)CN1CCN(Cc2ccccc2OCc2ccccc2C)CC1. The van der Waals surface area contributed by atoms with Gasteiger partial charge in [-0.05, 0) is 24.1 Å². The third-order valence-electron chi connectivity index (χ3n) is 5.12. The van der Waals surface area contributed by atoms with E-state index in [1.807, 2.05) is 6.07 Å². The summed E-state index contributed by atoms with van der Waals surface area (Å²) in [5.74, 6) is 1.03. The quantitative estimate of drug-likeness (QED) is 0.816. The average molecular weight is 367 g/mol. The Kier molecular flexibility index (Phi) is 6.85. The molecule has 0 bridgehead atoms. The highest BCUT2D eigenvalue weighted by molar-refractivity contribution is 5.77. The summed E-state index contributed by atoms with van der Waals surface area (Å²) in [6, 6.07) is 16.6. The standard InChI is InChI=1S/C22H29N3O2/c1-18-7-3-4-9-20(18)17-27-21-10-6-5-8-19(21)15-24-11-13-25(14-12-24)16-22(26)23-2/h3-10H,11-17H2,1-2H3,(H,23,26). The van der Waals surface area contributed by atoms with Crippen LogP contribution in [-0.2, 0) is 17.9 Å². The van der Waals surface area contributed by atoms with Crippen LogP contribution in [0.15, 0.2) is 48.5 Å². The number of amides is 1. The van der Waals surface area contributed by atoms with Gasteiger partial charge in [0.05, 0.1) is 6.54 Å². The zero-order valence-corrected chi connectivity index (χ0v) is 16.3. The zero-order valence-electron chi connectivity index (χ0n) is 16.3. The minimum Gasteiger partial charge on any atom is -0.489 e. The van der Waals surface area contributed by atoms with Gasteiger partial charge in [0, 0.05) is 45.3 Å². The number of hydrogen-bond acceptors (Lipinski definition) is 4. The molecule has 0 radical (unpaired) electrons. The van der Waals surface area contributed by atoms with Crippen molar-refractivity contribution in [1.82, 2.24) is 15.1 Å². The number of hydrogen-bond donors (Lipinski definition) is 1. The highest BCUT2D eigenvalue weighted by atomic mass is 16.5. The molecule has 0 saturated carbocycles. The number of nitrogens with one attached hydrogen (secondary N) is 1. The van der Waals surface area contributed by atoms with Crippen LogP contribution >= 0.6 is 0 Å². The number of aryl methyl sites for hydroxylation is 1. The van der Waals surface area contributed by atoms with E-state index >= 15 is 0 Å². The van der Waals surface area contributed by atoms with Gasteiger partial charge in [-0.25, -0.2) is 0 Å². The van der Waals surface area contributed by atoms with Gasteiger partial charge in [0.25, 0.3) is 0 Å². The van der Waals surface area contributed by atoms with Gasteiger partial charge in [0.1, 0.15) is 12.4 Å². The van der Waals surface area contributed by atoms with Gasteiger partial charge in [-0.3, -0.25) is 14.6 Å². The Morgan fingerprint density at radius 3 is 2.30 bits per heavy atom. The molecule has 2 aromatic carbocycles. The third kappa shape index (κ3) is 5.55. The lowest BCUT2D eigenvalue weighted by Crippen LogP contribution is -2.48. The van der Waals surface area contributed by atoms with Gasteiger partial charge in [-0.2, -0.15) is 0 Å². The summed E-state index contributed by atoms with van der Waals surface area (Å²) in [6.45, 7) is 7.82. The van der Waals surface area contributed by atoms with Crippen LogP contribution in [0.5, 0.6) is 5.75 Å². The van der Waals surface area contributed by atoms with E-state index in [0.717, 1.165) is 38.5 Å². The summed E-state index contributed by atoms with van der Waals surface area (Å²) >= 11 is 0. The zero-order chi connectivity index (χ0) is 19.1. The van der Waals surface area contributed by atoms with Crippen molar-refractivity contribution in [2.24, 2.45) is 0 Å². The lowest BCUT2D eigenvalue weighted by atomic mass is 10.1. The Morgan fingerprint density at radius 2 is 1.59 bits per heavy atom.